The van der Waals surface area contributed by atoms with E-state index < -0.39 is 0 Å². The van der Waals surface area contributed by atoms with E-state index in [1.54, 1.807) is 13.3 Å². The minimum atomic E-state index is -0.106. The number of rotatable bonds is 6. The van der Waals surface area contributed by atoms with Crippen LogP contribution in [-0.2, 0) is 9.53 Å². The number of hydrogen-bond donors (Lipinski definition) is 0. The first-order valence-corrected chi connectivity index (χ1v) is 9.27. The number of carbonyl (C=O) groups excluding carboxylic acids is 1. The summed E-state index contributed by atoms with van der Waals surface area (Å²) in [5.74, 6) is 1.33. The molecule has 0 bridgehead atoms. The highest BCUT2D eigenvalue weighted by molar-refractivity contribution is 5.77. The van der Waals surface area contributed by atoms with Gasteiger partial charge in [0.1, 0.15) is 0 Å². The van der Waals surface area contributed by atoms with Gasteiger partial charge in [0.15, 0.2) is 5.76 Å². The van der Waals surface area contributed by atoms with Crippen LogP contribution in [0.1, 0.15) is 43.1 Å². The van der Waals surface area contributed by atoms with Crippen LogP contribution in [0.25, 0.3) is 11.3 Å². The summed E-state index contributed by atoms with van der Waals surface area (Å²) in [4.78, 5) is 25.8. The Kier molecular flexibility index (Phi) is 6.05. The molecule has 0 unspecified atom stereocenters. The molecule has 1 aliphatic heterocycles. The molecule has 8 nitrogen and oxygen atoms in total. The van der Waals surface area contributed by atoms with Gasteiger partial charge in [0.25, 0.3) is 0 Å². The molecule has 1 aliphatic rings. The summed E-state index contributed by atoms with van der Waals surface area (Å²) < 4.78 is 10.6. The predicted octanol–water partition coefficient (Wildman–Crippen LogP) is 2.60. The number of nitrogens with zero attached hydrogens (tertiary/aromatic N) is 5. The molecule has 2 aromatic heterocycles. The van der Waals surface area contributed by atoms with Crippen LogP contribution < -0.4 is 4.90 Å². The Bertz CT molecular complexity index is 789. The smallest absolute Gasteiger partial charge is 0.225 e. The molecule has 3 heterocycles. The van der Waals surface area contributed by atoms with E-state index in [0.29, 0.717) is 24.7 Å². The van der Waals surface area contributed by atoms with Crippen molar-refractivity contribution < 1.29 is 14.1 Å². The van der Waals surface area contributed by atoms with Crippen LogP contribution in [0.15, 0.2) is 16.8 Å². The van der Waals surface area contributed by atoms with Crippen molar-refractivity contribution >= 4 is 11.9 Å². The molecular weight excluding hydrogens is 346 g/mol. The Hall–Kier alpha value is -2.48. The number of aryl methyl sites for hydroxylation is 1. The van der Waals surface area contributed by atoms with Gasteiger partial charge in [-0.2, -0.15) is 0 Å². The van der Waals surface area contributed by atoms with Gasteiger partial charge in [-0.15, -0.1) is 0 Å². The third-order valence-corrected chi connectivity index (χ3v) is 4.76. The van der Waals surface area contributed by atoms with E-state index in [-0.39, 0.29) is 11.9 Å². The lowest BCUT2D eigenvalue weighted by Gasteiger charge is -2.36. The summed E-state index contributed by atoms with van der Waals surface area (Å²) in [5, 5.41) is 3.99. The predicted molar refractivity (Wildman–Crippen MR) is 101 cm³/mol. The Morgan fingerprint density at radius 1 is 1.41 bits per heavy atom. The average Bonchev–Trinajstić information content (AvgIpc) is 3.11. The molecule has 146 valence electrons. The molecule has 2 aromatic rings. The maximum atomic E-state index is 12.8. The van der Waals surface area contributed by atoms with E-state index in [4.69, 9.17) is 14.2 Å². The van der Waals surface area contributed by atoms with Crippen LogP contribution in [-0.4, -0.2) is 60.3 Å². The molecule has 0 spiro atoms. The van der Waals surface area contributed by atoms with Gasteiger partial charge < -0.3 is 19.1 Å². The van der Waals surface area contributed by atoms with Crippen LogP contribution in [0.5, 0.6) is 0 Å². The van der Waals surface area contributed by atoms with E-state index in [1.807, 2.05) is 36.9 Å². The second-order valence-corrected chi connectivity index (χ2v) is 7.04. The molecule has 8 heteroatoms. The monoisotopic (exact) mass is 373 g/mol. The summed E-state index contributed by atoms with van der Waals surface area (Å²) in [5.41, 5.74) is 2.40. The second-order valence-electron chi connectivity index (χ2n) is 7.04. The molecule has 0 N–H and O–H groups in total. The number of aromatic nitrogens is 3. The van der Waals surface area contributed by atoms with Gasteiger partial charge in [0.05, 0.1) is 36.0 Å². The number of amides is 1. The molecule has 1 saturated heterocycles. The fourth-order valence-corrected chi connectivity index (χ4v) is 3.38. The Balaban J connectivity index is 2.02. The van der Waals surface area contributed by atoms with Crippen molar-refractivity contribution in [3.63, 3.8) is 0 Å². The van der Waals surface area contributed by atoms with Crippen LogP contribution in [0.4, 0.5) is 5.95 Å². The topological polar surface area (TPSA) is 84.6 Å². The summed E-state index contributed by atoms with van der Waals surface area (Å²) in [6.45, 7) is 3.02. The van der Waals surface area contributed by atoms with Gasteiger partial charge >= 0.3 is 0 Å². The molecule has 0 radical (unpaired) electrons. The molecule has 0 aliphatic carbocycles. The quantitative estimate of drug-likeness (QED) is 0.769. The van der Waals surface area contributed by atoms with Crippen molar-refractivity contribution in [1.29, 1.82) is 0 Å². The first-order chi connectivity index (χ1) is 13.0. The van der Waals surface area contributed by atoms with Crippen LogP contribution in [0.3, 0.4) is 0 Å². The van der Waals surface area contributed by atoms with Crippen LogP contribution in [0.2, 0.25) is 0 Å². The van der Waals surface area contributed by atoms with Crippen LogP contribution >= 0.6 is 0 Å². The van der Waals surface area contributed by atoms with Gasteiger partial charge in [-0.3, -0.25) is 4.79 Å². The second kappa shape index (κ2) is 8.47. The number of hydrogen-bond acceptors (Lipinski definition) is 7. The minimum Gasteiger partial charge on any atom is -0.384 e. The summed E-state index contributed by atoms with van der Waals surface area (Å²) >= 11 is 0. The van der Waals surface area contributed by atoms with E-state index in [2.05, 4.69) is 10.1 Å². The summed E-state index contributed by atoms with van der Waals surface area (Å²) in [6, 6.07) is 1.77. The Labute approximate surface area is 159 Å². The Morgan fingerprint density at radius 3 is 2.89 bits per heavy atom. The van der Waals surface area contributed by atoms with Crippen molar-refractivity contribution in [2.45, 2.75) is 38.6 Å². The Morgan fingerprint density at radius 2 is 2.22 bits per heavy atom. The lowest BCUT2D eigenvalue weighted by molar-refractivity contribution is -0.136. The number of carbonyl (C=O) groups is 1. The normalized spacial score (nSPS) is 17.2. The van der Waals surface area contributed by atoms with Crippen molar-refractivity contribution in [3.8, 4) is 11.3 Å². The van der Waals surface area contributed by atoms with Crippen molar-refractivity contribution in [3.05, 3.63) is 23.7 Å². The first kappa shape index (κ1) is 19.3. The zero-order chi connectivity index (χ0) is 19.4. The molecule has 0 saturated carbocycles. The van der Waals surface area contributed by atoms with Crippen molar-refractivity contribution in [2.75, 3.05) is 39.3 Å². The lowest BCUT2D eigenvalue weighted by atomic mass is 9.95. The number of methoxy groups -OCH3 is 1. The zero-order valence-corrected chi connectivity index (χ0v) is 16.4. The molecule has 1 atom stereocenters. The molecule has 1 fully saturated rings. The number of piperidine rings is 1. The molecule has 3 rings (SSSR count). The van der Waals surface area contributed by atoms with Crippen molar-refractivity contribution in [1.82, 2.24) is 20.0 Å². The molecule has 0 aromatic carbocycles. The highest BCUT2D eigenvalue weighted by Crippen LogP contribution is 2.36. The third-order valence-electron chi connectivity index (χ3n) is 4.76. The summed E-state index contributed by atoms with van der Waals surface area (Å²) in [6.07, 6.45) is 5.05. The number of anilines is 1. The van der Waals surface area contributed by atoms with Gasteiger partial charge in [-0.05, 0) is 26.2 Å². The highest BCUT2D eigenvalue weighted by atomic mass is 16.5. The average molecular weight is 373 g/mol. The minimum absolute atomic E-state index is 0.0891. The van der Waals surface area contributed by atoms with E-state index in [1.165, 1.54) is 0 Å². The maximum absolute atomic E-state index is 12.8. The van der Waals surface area contributed by atoms with E-state index >= 15 is 0 Å². The highest BCUT2D eigenvalue weighted by Gasteiger charge is 2.32. The van der Waals surface area contributed by atoms with Gasteiger partial charge in [-0.1, -0.05) is 5.16 Å². The fourth-order valence-electron chi connectivity index (χ4n) is 3.38. The molecule has 27 heavy (non-hydrogen) atoms. The van der Waals surface area contributed by atoms with E-state index in [9.17, 15) is 4.79 Å². The van der Waals surface area contributed by atoms with E-state index in [0.717, 1.165) is 42.8 Å². The van der Waals surface area contributed by atoms with Gasteiger partial charge in [0, 0.05) is 40.0 Å². The van der Waals surface area contributed by atoms with Crippen molar-refractivity contribution in [2.24, 2.45) is 0 Å². The molecular formula is C19H27N5O3. The first-order valence-electron chi connectivity index (χ1n) is 9.27. The third kappa shape index (κ3) is 4.27. The zero-order valence-electron chi connectivity index (χ0n) is 16.4. The lowest BCUT2D eigenvalue weighted by Crippen LogP contribution is -2.39. The van der Waals surface area contributed by atoms with Crippen LogP contribution in [0, 0.1) is 6.92 Å². The molecule has 1 amide bonds. The standard InChI is InChI=1S/C19H27N5O3/c1-13-11-16(27-22-13)14-12-20-19(23(2)3)21-18(14)15-7-5-6-9-24(15)17(25)8-10-26-4/h11-12,15H,5-10H2,1-4H3/t15-/m0/s1. The number of likely N-dealkylation sites (tertiary alicyclic amines) is 1. The fraction of sp³-hybridized carbons (Fsp3) is 0.579. The number of ether oxygens (including phenoxy) is 1. The van der Waals surface area contributed by atoms with Gasteiger partial charge in [0.2, 0.25) is 11.9 Å². The SMILES string of the molecule is COCCC(=O)N1CCCC[C@H]1c1nc(N(C)C)ncc1-c1cc(C)no1. The largest absolute Gasteiger partial charge is 0.384 e. The summed E-state index contributed by atoms with van der Waals surface area (Å²) in [7, 11) is 5.42. The maximum Gasteiger partial charge on any atom is 0.225 e. The van der Waals surface area contributed by atoms with Gasteiger partial charge in [-0.25, -0.2) is 9.97 Å².